The van der Waals surface area contributed by atoms with Crippen LogP contribution >= 0.6 is 39.0 Å². The van der Waals surface area contributed by atoms with E-state index >= 15 is 0 Å². The Hall–Kier alpha value is -1.37. The van der Waals surface area contributed by atoms with Crippen molar-refractivity contribution in [3.05, 3.63) is 62.5 Å². The summed E-state index contributed by atoms with van der Waals surface area (Å²) in [5, 5.41) is 0.834. The quantitative estimate of drug-likeness (QED) is 0.426. The summed E-state index contributed by atoms with van der Waals surface area (Å²) in [5.74, 6) is 0.510. The van der Waals surface area contributed by atoms with E-state index in [1.54, 1.807) is 6.20 Å². The first-order valence-electron chi connectivity index (χ1n) is 7.07. The fourth-order valence-electron chi connectivity index (χ4n) is 2.32. The number of imidazole rings is 1. The van der Waals surface area contributed by atoms with Gasteiger partial charge in [-0.15, -0.1) is 11.3 Å². The maximum absolute atomic E-state index is 12.2. The lowest BCUT2D eigenvalue weighted by atomic mass is 10.1. The predicted molar refractivity (Wildman–Crippen MR) is 100 cm³/mol. The third-order valence-corrected chi connectivity index (χ3v) is 6.03. The number of aryl methyl sites for hydroxylation is 2. The van der Waals surface area contributed by atoms with E-state index in [4.69, 9.17) is 0 Å². The van der Waals surface area contributed by atoms with Gasteiger partial charge in [0, 0.05) is 12.4 Å². The highest BCUT2D eigenvalue weighted by atomic mass is 79.9. The summed E-state index contributed by atoms with van der Waals surface area (Å²) >= 11 is 6.32. The smallest absolute Gasteiger partial charge is 0.183 e. The van der Waals surface area contributed by atoms with Crippen molar-refractivity contribution in [3.63, 3.8) is 0 Å². The number of hydrogen-bond donors (Lipinski definition) is 0. The van der Waals surface area contributed by atoms with Crippen LogP contribution in [0.15, 0.2) is 51.7 Å². The topological polar surface area (TPSA) is 34.9 Å². The lowest BCUT2D eigenvalue weighted by Gasteiger charge is -2.10. The third kappa shape index (κ3) is 3.76. The number of rotatable bonds is 5. The molecule has 0 amide bonds. The monoisotopic (exact) mass is 406 g/mol. The van der Waals surface area contributed by atoms with Crippen molar-refractivity contribution in [2.24, 2.45) is 0 Å². The largest absolute Gasteiger partial charge is 0.295 e. The van der Waals surface area contributed by atoms with Gasteiger partial charge < -0.3 is 0 Å². The van der Waals surface area contributed by atoms with Gasteiger partial charge in [0.15, 0.2) is 10.9 Å². The van der Waals surface area contributed by atoms with Crippen LogP contribution in [0.4, 0.5) is 0 Å². The van der Waals surface area contributed by atoms with E-state index in [2.05, 4.69) is 53.0 Å². The summed E-state index contributed by atoms with van der Waals surface area (Å²) in [6.07, 6.45) is 3.71. The van der Waals surface area contributed by atoms with Crippen molar-refractivity contribution in [2.75, 3.05) is 5.75 Å². The van der Waals surface area contributed by atoms with Gasteiger partial charge in [-0.3, -0.25) is 9.36 Å². The lowest BCUT2D eigenvalue weighted by Crippen LogP contribution is -2.03. The number of hydrogen-bond acceptors (Lipinski definition) is 4. The number of Topliss-reactive ketones (excluding diaryl/α,β-unsaturated/α-hetero) is 1. The standard InChI is InChI=1S/C17H15BrN2OS2/c1-11-3-4-13(12(2)9-11)20-8-7-19-17(20)22-10-14(21)15-5-6-16(18)23-15/h3-9H,10H2,1-2H3. The zero-order valence-electron chi connectivity index (χ0n) is 12.7. The summed E-state index contributed by atoms with van der Waals surface area (Å²) in [4.78, 5) is 17.4. The molecule has 0 N–H and O–H groups in total. The minimum absolute atomic E-state index is 0.126. The number of thioether (sulfide) groups is 1. The van der Waals surface area contributed by atoms with Gasteiger partial charge in [-0.25, -0.2) is 4.98 Å². The maximum atomic E-state index is 12.2. The molecule has 0 atom stereocenters. The molecular weight excluding hydrogens is 392 g/mol. The highest BCUT2D eigenvalue weighted by Crippen LogP contribution is 2.27. The number of carbonyl (C=O) groups is 1. The van der Waals surface area contributed by atoms with Crippen molar-refractivity contribution in [3.8, 4) is 5.69 Å². The number of halogens is 1. The first-order valence-corrected chi connectivity index (χ1v) is 9.66. The number of benzene rings is 1. The molecule has 118 valence electrons. The van der Waals surface area contributed by atoms with Gasteiger partial charge in [-0.2, -0.15) is 0 Å². The Kier molecular flexibility index (Phi) is 5.04. The van der Waals surface area contributed by atoms with Crippen molar-refractivity contribution in [2.45, 2.75) is 19.0 Å². The maximum Gasteiger partial charge on any atom is 0.183 e. The summed E-state index contributed by atoms with van der Waals surface area (Å²) in [6, 6.07) is 10.1. The highest BCUT2D eigenvalue weighted by Gasteiger charge is 2.13. The Balaban J connectivity index is 1.77. The van der Waals surface area contributed by atoms with E-state index in [9.17, 15) is 4.79 Å². The Morgan fingerprint density at radius 1 is 1.30 bits per heavy atom. The molecule has 2 aromatic heterocycles. The Morgan fingerprint density at radius 3 is 2.83 bits per heavy atom. The van der Waals surface area contributed by atoms with E-state index in [0.29, 0.717) is 5.75 Å². The average Bonchev–Trinajstić information content (AvgIpc) is 3.14. The van der Waals surface area contributed by atoms with Gasteiger partial charge in [-0.05, 0) is 53.5 Å². The average molecular weight is 407 g/mol. The molecule has 2 heterocycles. The fraction of sp³-hybridized carbons (Fsp3) is 0.176. The molecule has 3 aromatic rings. The van der Waals surface area contributed by atoms with E-state index in [1.165, 1.54) is 34.2 Å². The van der Waals surface area contributed by atoms with Gasteiger partial charge in [0.25, 0.3) is 0 Å². The molecule has 0 spiro atoms. The summed E-state index contributed by atoms with van der Waals surface area (Å²) in [7, 11) is 0. The highest BCUT2D eigenvalue weighted by molar-refractivity contribution is 9.11. The zero-order chi connectivity index (χ0) is 16.4. The molecule has 6 heteroatoms. The van der Waals surface area contributed by atoms with Crippen LogP contribution < -0.4 is 0 Å². The Labute approximate surface area is 151 Å². The minimum atomic E-state index is 0.126. The van der Waals surface area contributed by atoms with E-state index in [1.807, 2.05) is 22.9 Å². The van der Waals surface area contributed by atoms with Crippen molar-refractivity contribution < 1.29 is 4.79 Å². The lowest BCUT2D eigenvalue weighted by molar-refractivity contribution is 0.102. The number of ketones is 1. The second-order valence-electron chi connectivity index (χ2n) is 5.19. The molecule has 0 aliphatic rings. The third-order valence-electron chi connectivity index (χ3n) is 3.40. The fourth-order valence-corrected chi connectivity index (χ4v) is 4.59. The number of nitrogens with zero attached hydrogens (tertiary/aromatic N) is 2. The number of thiophene rings is 1. The van der Waals surface area contributed by atoms with E-state index in [-0.39, 0.29) is 5.78 Å². The van der Waals surface area contributed by atoms with Crippen LogP contribution in [0.5, 0.6) is 0 Å². The van der Waals surface area contributed by atoms with Gasteiger partial charge in [0.2, 0.25) is 0 Å². The molecule has 23 heavy (non-hydrogen) atoms. The number of aromatic nitrogens is 2. The van der Waals surface area contributed by atoms with Crippen molar-refractivity contribution in [1.29, 1.82) is 0 Å². The van der Waals surface area contributed by atoms with Gasteiger partial charge >= 0.3 is 0 Å². The summed E-state index contributed by atoms with van der Waals surface area (Å²) in [5.41, 5.74) is 3.53. The van der Waals surface area contributed by atoms with Crippen LogP contribution in [0.1, 0.15) is 20.8 Å². The van der Waals surface area contributed by atoms with Crippen LogP contribution in [-0.4, -0.2) is 21.1 Å². The molecule has 0 aliphatic heterocycles. The first kappa shape index (κ1) is 16.5. The molecule has 0 fully saturated rings. The summed E-state index contributed by atoms with van der Waals surface area (Å²) < 4.78 is 3.01. The summed E-state index contributed by atoms with van der Waals surface area (Å²) in [6.45, 7) is 4.17. The van der Waals surface area contributed by atoms with Gasteiger partial charge in [-0.1, -0.05) is 29.5 Å². The van der Waals surface area contributed by atoms with Crippen LogP contribution in [0.25, 0.3) is 5.69 Å². The van der Waals surface area contributed by atoms with E-state index in [0.717, 1.165) is 19.5 Å². The van der Waals surface area contributed by atoms with Crippen molar-refractivity contribution >= 4 is 44.8 Å². The molecule has 0 aliphatic carbocycles. The second kappa shape index (κ2) is 7.03. The molecule has 3 rings (SSSR count). The molecule has 0 bridgehead atoms. The minimum Gasteiger partial charge on any atom is -0.295 e. The Bertz CT molecular complexity index is 854. The van der Waals surface area contributed by atoms with Crippen molar-refractivity contribution in [1.82, 2.24) is 9.55 Å². The molecule has 0 saturated heterocycles. The first-order chi connectivity index (χ1) is 11.0. The SMILES string of the molecule is Cc1ccc(-n2ccnc2SCC(=O)c2ccc(Br)s2)c(C)c1. The molecule has 3 nitrogen and oxygen atoms in total. The van der Waals surface area contributed by atoms with Gasteiger partial charge in [0.1, 0.15) is 0 Å². The molecule has 0 radical (unpaired) electrons. The molecule has 0 unspecified atom stereocenters. The van der Waals surface area contributed by atoms with Crippen LogP contribution in [0.2, 0.25) is 0 Å². The van der Waals surface area contributed by atoms with Crippen LogP contribution in [0.3, 0.4) is 0 Å². The van der Waals surface area contributed by atoms with Crippen LogP contribution in [0, 0.1) is 13.8 Å². The second-order valence-corrected chi connectivity index (χ2v) is 8.59. The van der Waals surface area contributed by atoms with E-state index < -0.39 is 0 Å². The number of carbonyl (C=O) groups excluding carboxylic acids is 1. The Morgan fingerprint density at radius 2 is 2.13 bits per heavy atom. The van der Waals surface area contributed by atoms with Crippen LogP contribution in [-0.2, 0) is 0 Å². The van der Waals surface area contributed by atoms with Gasteiger partial charge in [0.05, 0.1) is 20.1 Å². The molecule has 1 aromatic carbocycles. The normalized spacial score (nSPS) is 10.9. The molecule has 0 saturated carbocycles. The molecular formula is C17H15BrN2OS2. The predicted octanol–water partition coefficient (Wildman–Crippen LogP) is 5.29. The zero-order valence-corrected chi connectivity index (χ0v) is 16.0.